The van der Waals surface area contributed by atoms with Crippen LogP contribution in [0.3, 0.4) is 0 Å². The number of hydrogen-bond donors (Lipinski definition) is 4. The van der Waals surface area contributed by atoms with Crippen LogP contribution in [0.4, 0.5) is 0 Å². The van der Waals surface area contributed by atoms with Crippen LogP contribution in [0.2, 0.25) is 0 Å². The Balaban J connectivity index is 1.71. The Kier molecular flexibility index (Phi) is 7.26. The van der Waals surface area contributed by atoms with E-state index in [1.54, 1.807) is 30.3 Å². The number of carbonyl (C=O) groups is 2. The number of aliphatic hydroxyl groups excluding tert-OH is 2. The van der Waals surface area contributed by atoms with E-state index in [-0.39, 0.29) is 24.6 Å². The van der Waals surface area contributed by atoms with Crippen molar-refractivity contribution in [2.75, 3.05) is 13.2 Å². The Hall–Kier alpha value is -3.55. The van der Waals surface area contributed by atoms with Gasteiger partial charge in [0.15, 0.2) is 0 Å². The van der Waals surface area contributed by atoms with Gasteiger partial charge in [-0.15, -0.1) is 0 Å². The molecule has 2 amide bonds. The summed E-state index contributed by atoms with van der Waals surface area (Å²) in [5.41, 5.74) is 1.63. The average Bonchev–Trinajstić information content (AvgIpc) is 2.81. The lowest BCUT2D eigenvalue weighted by molar-refractivity contribution is 0.0905. The Labute approximate surface area is 174 Å². The summed E-state index contributed by atoms with van der Waals surface area (Å²) in [6, 6.07) is 21.5. The number of benzene rings is 2. The highest BCUT2D eigenvalue weighted by atomic mass is 16.3. The maximum absolute atomic E-state index is 12.6. The standard InChI is InChI=1S/C23H23N3O4/c27-14-20(16-8-3-1-4-9-16)25-22(29)18-12-7-13-19(24-18)23(30)26-21(15-28)17-10-5-2-6-11-17/h1-13,20-21,27-28H,14-15H2,(H,25,29)(H,26,30)/t20-,21-/m1/s1. The van der Waals surface area contributed by atoms with Crippen LogP contribution in [-0.4, -0.2) is 40.2 Å². The maximum Gasteiger partial charge on any atom is 0.270 e. The Morgan fingerprint density at radius 2 is 1.07 bits per heavy atom. The van der Waals surface area contributed by atoms with Crippen molar-refractivity contribution in [3.8, 4) is 0 Å². The number of pyridine rings is 1. The van der Waals surface area contributed by atoms with Crippen molar-refractivity contribution >= 4 is 11.8 Å². The van der Waals surface area contributed by atoms with Gasteiger partial charge in [-0.1, -0.05) is 66.7 Å². The first kappa shape index (κ1) is 21.2. The van der Waals surface area contributed by atoms with Gasteiger partial charge in [0, 0.05) is 0 Å². The molecule has 0 aliphatic rings. The molecule has 0 aliphatic carbocycles. The molecule has 30 heavy (non-hydrogen) atoms. The topological polar surface area (TPSA) is 112 Å². The van der Waals surface area contributed by atoms with Crippen molar-refractivity contribution in [3.63, 3.8) is 0 Å². The maximum atomic E-state index is 12.6. The van der Waals surface area contributed by atoms with E-state index < -0.39 is 23.9 Å². The zero-order valence-electron chi connectivity index (χ0n) is 16.2. The number of aliphatic hydroxyl groups is 2. The van der Waals surface area contributed by atoms with Crippen LogP contribution in [0, 0.1) is 0 Å². The average molecular weight is 405 g/mol. The summed E-state index contributed by atoms with van der Waals surface area (Å²) in [4.78, 5) is 29.4. The molecule has 0 aliphatic heterocycles. The van der Waals surface area contributed by atoms with Gasteiger partial charge in [0.2, 0.25) is 0 Å². The van der Waals surface area contributed by atoms with Gasteiger partial charge in [0.25, 0.3) is 11.8 Å². The van der Waals surface area contributed by atoms with Crippen molar-refractivity contribution in [2.45, 2.75) is 12.1 Å². The first-order valence-corrected chi connectivity index (χ1v) is 9.52. The highest BCUT2D eigenvalue weighted by Crippen LogP contribution is 2.14. The summed E-state index contributed by atoms with van der Waals surface area (Å²) in [6.45, 7) is -0.545. The smallest absolute Gasteiger partial charge is 0.270 e. The molecule has 3 aromatic rings. The number of amides is 2. The second-order valence-corrected chi connectivity index (χ2v) is 6.65. The number of carbonyl (C=O) groups excluding carboxylic acids is 2. The van der Waals surface area contributed by atoms with Crippen LogP contribution >= 0.6 is 0 Å². The van der Waals surface area contributed by atoms with E-state index in [9.17, 15) is 19.8 Å². The van der Waals surface area contributed by atoms with Crippen molar-refractivity contribution < 1.29 is 19.8 Å². The molecule has 0 bridgehead atoms. The molecule has 0 saturated heterocycles. The molecule has 0 radical (unpaired) electrons. The molecule has 4 N–H and O–H groups in total. The predicted molar refractivity (Wildman–Crippen MR) is 112 cm³/mol. The van der Waals surface area contributed by atoms with Gasteiger partial charge >= 0.3 is 0 Å². The van der Waals surface area contributed by atoms with Gasteiger partial charge in [-0.2, -0.15) is 0 Å². The molecule has 0 fully saturated rings. The summed E-state index contributed by atoms with van der Waals surface area (Å²) >= 11 is 0. The van der Waals surface area contributed by atoms with Crippen molar-refractivity contribution in [3.05, 3.63) is 101 Å². The molecule has 7 nitrogen and oxygen atoms in total. The van der Waals surface area contributed by atoms with Crippen molar-refractivity contribution in [1.82, 2.24) is 15.6 Å². The molecule has 1 aromatic heterocycles. The molecule has 0 saturated carbocycles. The monoisotopic (exact) mass is 405 g/mol. The summed E-state index contributed by atoms with van der Waals surface area (Å²) in [5.74, 6) is -1.01. The zero-order chi connectivity index (χ0) is 21.3. The number of aromatic nitrogens is 1. The van der Waals surface area contributed by atoms with Crippen LogP contribution < -0.4 is 10.6 Å². The largest absolute Gasteiger partial charge is 0.394 e. The molecule has 7 heteroatoms. The first-order valence-electron chi connectivity index (χ1n) is 9.52. The third-order valence-corrected chi connectivity index (χ3v) is 4.59. The highest BCUT2D eigenvalue weighted by Gasteiger charge is 2.19. The first-order chi connectivity index (χ1) is 14.6. The molecule has 2 atom stereocenters. The molecule has 0 unspecified atom stereocenters. The minimum Gasteiger partial charge on any atom is -0.394 e. The lowest BCUT2D eigenvalue weighted by atomic mass is 10.1. The highest BCUT2D eigenvalue weighted by molar-refractivity contribution is 5.96. The van der Waals surface area contributed by atoms with Gasteiger partial charge in [-0.25, -0.2) is 4.98 Å². The van der Waals surface area contributed by atoms with E-state index in [0.29, 0.717) is 0 Å². The normalized spacial score (nSPS) is 12.6. The van der Waals surface area contributed by atoms with Gasteiger partial charge < -0.3 is 20.8 Å². The summed E-state index contributed by atoms with van der Waals surface area (Å²) in [6.07, 6.45) is 0. The predicted octanol–water partition coefficient (Wildman–Crippen LogP) is 2.01. The third kappa shape index (κ3) is 5.28. The summed E-state index contributed by atoms with van der Waals surface area (Å²) in [5, 5.41) is 24.7. The van der Waals surface area contributed by atoms with Gasteiger partial charge in [-0.3, -0.25) is 9.59 Å². The lowest BCUT2D eigenvalue weighted by Gasteiger charge is -2.17. The van der Waals surface area contributed by atoms with Crippen LogP contribution in [0.1, 0.15) is 44.2 Å². The van der Waals surface area contributed by atoms with Crippen LogP contribution in [0.5, 0.6) is 0 Å². The molecule has 3 rings (SSSR count). The van der Waals surface area contributed by atoms with E-state index in [2.05, 4.69) is 15.6 Å². The molecular formula is C23H23N3O4. The zero-order valence-corrected chi connectivity index (χ0v) is 16.2. The SMILES string of the molecule is O=C(N[C@H](CO)c1ccccc1)c1cccc(C(=O)N[C@H](CO)c2ccccc2)n1. The fourth-order valence-electron chi connectivity index (χ4n) is 2.99. The van der Waals surface area contributed by atoms with Crippen LogP contribution in [0.25, 0.3) is 0 Å². The second kappa shape index (κ2) is 10.3. The molecule has 1 heterocycles. The molecule has 154 valence electrons. The quantitative estimate of drug-likeness (QED) is 0.458. The Morgan fingerprint density at radius 3 is 1.43 bits per heavy atom. The third-order valence-electron chi connectivity index (χ3n) is 4.59. The minimum absolute atomic E-state index is 0.0530. The second-order valence-electron chi connectivity index (χ2n) is 6.65. The minimum atomic E-state index is -0.588. The van der Waals surface area contributed by atoms with E-state index in [1.807, 2.05) is 36.4 Å². The number of nitrogens with one attached hydrogen (secondary N) is 2. The van der Waals surface area contributed by atoms with Crippen LogP contribution in [0.15, 0.2) is 78.9 Å². The van der Waals surface area contributed by atoms with Crippen molar-refractivity contribution in [1.29, 1.82) is 0 Å². The van der Waals surface area contributed by atoms with E-state index in [0.717, 1.165) is 11.1 Å². The van der Waals surface area contributed by atoms with E-state index in [4.69, 9.17) is 0 Å². The number of rotatable bonds is 8. The fourth-order valence-corrected chi connectivity index (χ4v) is 2.99. The fraction of sp³-hybridized carbons (Fsp3) is 0.174. The van der Waals surface area contributed by atoms with E-state index in [1.165, 1.54) is 12.1 Å². The molecular weight excluding hydrogens is 382 g/mol. The van der Waals surface area contributed by atoms with E-state index >= 15 is 0 Å². The number of nitrogens with zero attached hydrogens (tertiary/aromatic N) is 1. The van der Waals surface area contributed by atoms with Gasteiger partial charge in [0.1, 0.15) is 11.4 Å². The Bertz CT molecular complexity index is 903. The van der Waals surface area contributed by atoms with Crippen LogP contribution in [-0.2, 0) is 0 Å². The number of hydrogen-bond acceptors (Lipinski definition) is 5. The molecule has 2 aromatic carbocycles. The molecule has 0 spiro atoms. The van der Waals surface area contributed by atoms with Crippen molar-refractivity contribution in [2.24, 2.45) is 0 Å². The Morgan fingerprint density at radius 1 is 0.667 bits per heavy atom. The summed E-state index contributed by atoms with van der Waals surface area (Å²) in [7, 11) is 0. The van der Waals surface area contributed by atoms with Gasteiger partial charge in [-0.05, 0) is 23.3 Å². The lowest BCUT2D eigenvalue weighted by Crippen LogP contribution is -2.33. The summed E-state index contributed by atoms with van der Waals surface area (Å²) < 4.78 is 0. The van der Waals surface area contributed by atoms with Gasteiger partial charge in [0.05, 0.1) is 25.3 Å².